The summed E-state index contributed by atoms with van der Waals surface area (Å²) in [5, 5.41) is 15.1. The van der Waals surface area contributed by atoms with Crippen LogP contribution < -0.4 is 0 Å². The van der Waals surface area contributed by atoms with Crippen molar-refractivity contribution < 1.29 is 36.1 Å². The van der Waals surface area contributed by atoms with E-state index in [2.05, 4.69) is 6.92 Å². The van der Waals surface area contributed by atoms with Crippen molar-refractivity contribution >= 4 is 0 Å². The number of rotatable bonds is 2. The summed E-state index contributed by atoms with van der Waals surface area (Å²) in [6.07, 6.45) is 2.04. The number of hydrogen-bond donors (Lipinski definition) is 2. The van der Waals surface area contributed by atoms with Crippen LogP contribution in [0.1, 0.15) is 19.8 Å². The molecule has 0 radical (unpaired) electrons. The van der Waals surface area contributed by atoms with Crippen molar-refractivity contribution in [2.75, 3.05) is 13.7 Å². The molecule has 0 aliphatic carbocycles. The Morgan fingerprint density at radius 3 is 1.62 bits per heavy atom. The zero-order valence-corrected chi connectivity index (χ0v) is 9.11. The van der Waals surface area contributed by atoms with E-state index in [9.17, 15) is 0 Å². The predicted octanol–water partition coefficient (Wildman–Crippen LogP) is 0.385. The Kier molecular flexibility index (Phi) is 49.7. The van der Waals surface area contributed by atoms with Crippen molar-refractivity contribution in [2.45, 2.75) is 19.8 Å². The first-order chi connectivity index (χ1) is 3.41. The summed E-state index contributed by atoms with van der Waals surface area (Å²) < 4.78 is 0. The van der Waals surface area contributed by atoms with Crippen molar-refractivity contribution in [1.82, 2.24) is 0 Å². The molecule has 0 aromatic rings. The largest absolute Gasteiger partial charge is 0.400 e. The molecule has 3 heteroatoms. The maximum atomic E-state index is 8.07. The number of unbranched alkanes of at least 4 members (excludes halogenated alkanes) is 1. The van der Waals surface area contributed by atoms with Gasteiger partial charge in [-0.1, -0.05) is 13.3 Å². The molecule has 0 fully saturated rings. The van der Waals surface area contributed by atoms with Crippen LogP contribution in [0.5, 0.6) is 0 Å². The smallest absolute Gasteiger partial charge is 0.0430 e. The van der Waals surface area contributed by atoms with Gasteiger partial charge in [0.2, 0.25) is 0 Å². The van der Waals surface area contributed by atoms with Gasteiger partial charge in [-0.3, -0.25) is 0 Å². The molecular formula is C5H14HfO2. The van der Waals surface area contributed by atoms with E-state index in [4.69, 9.17) is 10.2 Å². The first-order valence-corrected chi connectivity index (χ1v) is 2.47. The molecule has 0 bridgehead atoms. The Morgan fingerprint density at radius 2 is 1.62 bits per heavy atom. The topological polar surface area (TPSA) is 40.5 Å². The van der Waals surface area contributed by atoms with Crippen LogP contribution in [0.15, 0.2) is 0 Å². The zero-order valence-electron chi connectivity index (χ0n) is 5.52. The third-order valence-corrected chi connectivity index (χ3v) is 0.512. The fourth-order valence-electron chi connectivity index (χ4n) is 0.158. The molecule has 50 valence electrons. The SMILES string of the molecule is CCCCO.CO.[Hf]. The van der Waals surface area contributed by atoms with Gasteiger partial charge < -0.3 is 10.2 Å². The van der Waals surface area contributed by atoms with E-state index in [1.54, 1.807) is 0 Å². The molecule has 0 amide bonds. The van der Waals surface area contributed by atoms with Crippen LogP contribution >= 0.6 is 0 Å². The predicted molar refractivity (Wildman–Crippen MR) is 30.1 cm³/mol. The fourth-order valence-corrected chi connectivity index (χ4v) is 0.158. The van der Waals surface area contributed by atoms with Crippen molar-refractivity contribution in [3.63, 3.8) is 0 Å². The zero-order chi connectivity index (χ0) is 6.12. The summed E-state index contributed by atoms with van der Waals surface area (Å²) in [4.78, 5) is 0. The molecule has 0 rings (SSSR count). The summed E-state index contributed by atoms with van der Waals surface area (Å²) >= 11 is 0. The molecule has 2 N–H and O–H groups in total. The molecule has 0 saturated carbocycles. The second kappa shape index (κ2) is 25.0. The molecule has 0 aliphatic rings. The molecule has 2 nitrogen and oxygen atoms in total. The molecule has 0 saturated heterocycles. The average Bonchev–Trinajstić information content (AvgIpc) is 1.75. The van der Waals surface area contributed by atoms with E-state index in [1.807, 2.05) is 0 Å². The van der Waals surface area contributed by atoms with Gasteiger partial charge in [0.05, 0.1) is 0 Å². The molecule has 0 heterocycles. The first kappa shape index (κ1) is 15.9. The van der Waals surface area contributed by atoms with Gasteiger partial charge in [-0.05, 0) is 6.42 Å². The summed E-state index contributed by atoms with van der Waals surface area (Å²) in [6, 6.07) is 0. The fraction of sp³-hybridized carbons (Fsp3) is 1.00. The molecule has 0 aromatic carbocycles. The maximum absolute atomic E-state index is 8.07. The van der Waals surface area contributed by atoms with E-state index < -0.39 is 0 Å². The minimum absolute atomic E-state index is 0. The third kappa shape index (κ3) is 29.2. The third-order valence-electron chi connectivity index (χ3n) is 0.512. The Morgan fingerprint density at radius 1 is 1.25 bits per heavy atom. The molecule has 0 aliphatic heterocycles. The minimum Gasteiger partial charge on any atom is -0.400 e. The van der Waals surface area contributed by atoms with Gasteiger partial charge in [-0.25, -0.2) is 0 Å². The van der Waals surface area contributed by atoms with Gasteiger partial charge in [0.1, 0.15) is 0 Å². The van der Waals surface area contributed by atoms with Crippen molar-refractivity contribution in [1.29, 1.82) is 0 Å². The summed E-state index contributed by atoms with van der Waals surface area (Å²) in [5.74, 6) is 0. The van der Waals surface area contributed by atoms with Crippen molar-refractivity contribution in [3.05, 3.63) is 0 Å². The van der Waals surface area contributed by atoms with Gasteiger partial charge in [-0.15, -0.1) is 0 Å². The van der Waals surface area contributed by atoms with Crippen molar-refractivity contribution in [3.8, 4) is 0 Å². The Hall–Kier alpha value is 0.790. The number of aliphatic hydroxyl groups excluding tert-OH is 2. The van der Waals surface area contributed by atoms with Crippen LogP contribution in [-0.2, 0) is 25.8 Å². The van der Waals surface area contributed by atoms with E-state index in [-0.39, 0.29) is 25.8 Å². The van der Waals surface area contributed by atoms with Crippen LogP contribution in [0, 0.1) is 0 Å². The van der Waals surface area contributed by atoms with Crippen LogP contribution in [0.2, 0.25) is 0 Å². The van der Waals surface area contributed by atoms with Crippen LogP contribution in [-0.4, -0.2) is 23.9 Å². The number of hydrogen-bond acceptors (Lipinski definition) is 2. The maximum Gasteiger partial charge on any atom is 0.0430 e. The van der Waals surface area contributed by atoms with Gasteiger partial charge in [0.25, 0.3) is 0 Å². The van der Waals surface area contributed by atoms with E-state index in [0.29, 0.717) is 6.61 Å². The normalized spacial score (nSPS) is 6.00. The van der Waals surface area contributed by atoms with Gasteiger partial charge >= 0.3 is 0 Å². The quantitative estimate of drug-likeness (QED) is 0.720. The van der Waals surface area contributed by atoms with E-state index in [0.717, 1.165) is 20.0 Å². The second-order valence-corrected chi connectivity index (χ2v) is 1.08. The summed E-state index contributed by atoms with van der Waals surface area (Å²) in [5.41, 5.74) is 0. The molecule has 0 aromatic heterocycles. The second-order valence-electron chi connectivity index (χ2n) is 1.08. The molecule has 0 atom stereocenters. The molecule has 0 unspecified atom stereocenters. The van der Waals surface area contributed by atoms with Gasteiger partial charge in [0.15, 0.2) is 0 Å². The Balaban J connectivity index is -0.0000000750. The summed E-state index contributed by atoms with van der Waals surface area (Å²) in [6.45, 7) is 2.40. The van der Waals surface area contributed by atoms with Gasteiger partial charge in [-0.2, -0.15) is 0 Å². The standard InChI is InChI=1S/C4H10O.CH4O.Hf/c1-2-3-4-5;1-2;/h5H,2-4H2,1H3;2H,1H3;. The Labute approximate surface area is 69.7 Å². The van der Waals surface area contributed by atoms with E-state index >= 15 is 0 Å². The molecule has 0 spiro atoms. The van der Waals surface area contributed by atoms with E-state index in [1.165, 1.54) is 0 Å². The average molecular weight is 285 g/mol. The van der Waals surface area contributed by atoms with Crippen LogP contribution in [0.4, 0.5) is 0 Å². The van der Waals surface area contributed by atoms with Crippen LogP contribution in [0.3, 0.4) is 0 Å². The number of aliphatic hydroxyl groups is 2. The van der Waals surface area contributed by atoms with Crippen molar-refractivity contribution in [2.24, 2.45) is 0 Å². The molecule has 8 heavy (non-hydrogen) atoms. The summed E-state index contributed by atoms with van der Waals surface area (Å²) in [7, 11) is 1.00. The monoisotopic (exact) mass is 286 g/mol. The minimum atomic E-state index is 0. The Bertz CT molecular complexity index is 17.9. The molecular weight excluding hydrogens is 271 g/mol. The van der Waals surface area contributed by atoms with Gasteiger partial charge in [0, 0.05) is 39.6 Å². The van der Waals surface area contributed by atoms with Crippen LogP contribution in [0.25, 0.3) is 0 Å². The first-order valence-electron chi connectivity index (χ1n) is 2.47.